The van der Waals surface area contributed by atoms with Crippen LogP contribution in [0.25, 0.3) is 0 Å². The van der Waals surface area contributed by atoms with Gasteiger partial charge >= 0.3 is 0 Å². The molecule has 6 heteroatoms. The van der Waals surface area contributed by atoms with Crippen molar-refractivity contribution in [1.82, 2.24) is 5.32 Å². The average Bonchev–Trinajstić information content (AvgIpc) is 2.90. The molecule has 2 N–H and O–H groups in total. The number of nitrogens with zero attached hydrogens (tertiary/aromatic N) is 1. The normalized spacial score (nSPS) is 21.4. The van der Waals surface area contributed by atoms with Crippen LogP contribution in [-0.4, -0.2) is 42.1 Å². The summed E-state index contributed by atoms with van der Waals surface area (Å²) in [4.78, 5) is 12.9. The number of hydrogen-bond acceptors (Lipinski definition) is 5. The molecular formula is C14H16N2O3S. The summed E-state index contributed by atoms with van der Waals surface area (Å²) < 4.78 is 5.13. The third-order valence-electron chi connectivity index (χ3n) is 3.08. The number of thioether (sulfide) groups is 1. The molecule has 1 heterocycles. The molecule has 2 rings (SSSR count). The van der Waals surface area contributed by atoms with Crippen LogP contribution in [-0.2, 0) is 4.74 Å². The van der Waals surface area contributed by atoms with Crippen molar-refractivity contribution in [3.8, 4) is 6.07 Å². The van der Waals surface area contributed by atoms with Crippen LogP contribution >= 0.6 is 11.8 Å². The van der Waals surface area contributed by atoms with Crippen molar-refractivity contribution in [3.05, 3.63) is 29.8 Å². The summed E-state index contributed by atoms with van der Waals surface area (Å²) in [7, 11) is 0. The minimum absolute atomic E-state index is 0.170. The number of benzene rings is 1. The molecule has 20 heavy (non-hydrogen) atoms. The average molecular weight is 292 g/mol. The molecule has 0 bridgehead atoms. The second-order valence-electron chi connectivity index (χ2n) is 4.65. The van der Waals surface area contributed by atoms with E-state index in [9.17, 15) is 9.90 Å². The van der Waals surface area contributed by atoms with E-state index in [4.69, 9.17) is 10.00 Å². The van der Waals surface area contributed by atoms with Crippen molar-refractivity contribution in [2.45, 2.75) is 16.9 Å². The van der Waals surface area contributed by atoms with E-state index in [0.717, 1.165) is 4.90 Å². The first kappa shape index (κ1) is 14.9. The lowest BCUT2D eigenvalue weighted by molar-refractivity contribution is 0.0264. The van der Waals surface area contributed by atoms with Crippen LogP contribution in [0.15, 0.2) is 29.2 Å². The zero-order valence-corrected chi connectivity index (χ0v) is 11.8. The molecular weight excluding hydrogens is 276 g/mol. The predicted molar refractivity (Wildman–Crippen MR) is 75.5 cm³/mol. The molecule has 1 aromatic rings. The highest BCUT2D eigenvalue weighted by molar-refractivity contribution is 7.99. The molecule has 0 radical (unpaired) electrons. The van der Waals surface area contributed by atoms with E-state index in [-0.39, 0.29) is 19.1 Å². The van der Waals surface area contributed by atoms with Gasteiger partial charge in [-0.15, -0.1) is 11.8 Å². The molecule has 1 atom stereocenters. The number of aliphatic hydroxyl groups is 1. The third-order valence-corrected chi connectivity index (χ3v) is 4.02. The Labute approximate surface area is 121 Å². The van der Waals surface area contributed by atoms with Crippen LogP contribution in [0, 0.1) is 11.3 Å². The Kier molecular flexibility index (Phi) is 5.01. The molecule has 5 nitrogen and oxygen atoms in total. The van der Waals surface area contributed by atoms with Gasteiger partial charge in [-0.25, -0.2) is 0 Å². The zero-order chi connectivity index (χ0) is 14.4. The van der Waals surface area contributed by atoms with Gasteiger partial charge < -0.3 is 15.2 Å². The topological polar surface area (TPSA) is 82.4 Å². The van der Waals surface area contributed by atoms with Gasteiger partial charge in [0.25, 0.3) is 5.91 Å². The Bertz CT molecular complexity index is 521. The molecule has 1 saturated heterocycles. The van der Waals surface area contributed by atoms with E-state index in [2.05, 4.69) is 5.32 Å². The van der Waals surface area contributed by atoms with E-state index in [0.29, 0.717) is 24.3 Å². The molecule has 1 amide bonds. The van der Waals surface area contributed by atoms with Gasteiger partial charge in [0.15, 0.2) is 0 Å². The maximum atomic E-state index is 12.2. The Balaban J connectivity index is 2.00. The summed E-state index contributed by atoms with van der Waals surface area (Å²) in [6, 6.07) is 9.17. The van der Waals surface area contributed by atoms with Crippen molar-refractivity contribution in [3.63, 3.8) is 0 Å². The molecule has 0 aromatic heterocycles. The van der Waals surface area contributed by atoms with Crippen molar-refractivity contribution in [2.24, 2.45) is 0 Å². The van der Waals surface area contributed by atoms with E-state index in [1.807, 2.05) is 18.2 Å². The summed E-state index contributed by atoms with van der Waals surface area (Å²) >= 11 is 1.32. The van der Waals surface area contributed by atoms with E-state index >= 15 is 0 Å². The minimum Gasteiger partial charge on any atom is -0.386 e. The Morgan fingerprint density at radius 3 is 3.05 bits per heavy atom. The van der Waals surface area contributed by atoms with Gasteiger partial charge in [0.2, 0.25) is 0 Å². The number of nitrogens with one attached hydrogen (secondary N) is 1. The Hall–Kier alpha value is -1.55. The molecule has 1 aliphatic heterocycles. The summed E-state index contributed by atoms with van der Waals surface area (Å²) in [5.41, 5.74) is -0.444. The second-order valence-corrected chi connectivity index (χ2v) is 5.67. The second kappa shape index (κ2) is 6.75. The van der Waals surface area contributed by atoms with Gasteiger partial charge in [-0.3, -0.25) is 4.79 Å². The molecule has 0 aliphatic carbocycles. The summed E-state index contributed by atoms with van der Waals surface area (Å²) in [6.07, 6.45) is 0.526. The fourth-order valence-corrected chi connectivity index (χ4v) is 2.68. The number of carbonyl (C=O) groups excluding carboxylic acids is 1. The van der Waals surface area contributed by atoms with Crippen molar-refractivity contribution < 1.29 is 14.6 Å². The first-order chi connectivity index (χ1) is 9.64. The van der Waals surface area contributed by atoms with Crippen LogP contribution in [0.5, 0.6) is 0 Å². The monoisotopic (exact) mass is 292 g/mol. The summed E-state index contributed by atoms with van der Waals surface area (Å²) in [5.74, 6) is 0.0496. The lowest BCUT2D eigenvalue weighted by Gasteiger charge is -2.21. The number of ether oxygens (including phenoxy) is 1. The highest BCUT2D eigenvalue weighted by atomic mass is 32.2. The number of hydrogen-bond donors (Lipinski definition) is 2. The smallest absolute Gasteiger partial charge is 0.252 e. The molecule has 1 fully saturated rings. The van der Waals surface area contributed by atoms with Crippen LogP contribution in [0.3, 0.4) is 0 Å². The fourth-order valence-electron chi connectivity index (χ4n) is 1.97. The standard InChI is InChI=1S/C14H16N2O3S/c15-6-8-20-12-4-2-1-3-11(12)13(17)16-9-14(18)5-7-19-10-14/h1-4,18H,5,7-10H2,(H,16,17). The number of carbonyl (C=O) groups is 1. The van der Waals surface area contributed by atoms with Gasteiger partial charge in [0.05, 0.1) is 24.0 Å². The van der Waals surface area contributed by atoms with Crippen molar-refractivity contribution in [1.29, 1.82) is 5.26 Å². The van der Waals surface area contributed by atoms with Gasteiger partial charge in [-0.05, 0) is 12.1 Å². The predicted octanol–water partition coefficient (Wildman–Crippen LogP) is 1.18. The number of rotatable bonds is 5. The summed E-state index contributed by atoms with van der Waals surface area (Å²) in [6.45, 7) is 0.933. The molecule has 0 spiro atoms. The molecule has 106 valence electrons. The Morgan fingerprint density at radius 1 is 1.55 bits per heavy atom. The van der Waals surface area contributed by atoms with Crippen molar-refractivity contribution in [2.75, 3.05) is 25.5 Å². The number of amides is 1. The van der Waals surface area contributed by atoms with E-state index < -0.39 is 5.60 Å². The molecule has 1 aromatic carbocycles. The first-order valence-corrected chi connectivity index (χ1v) is 7.30. The molecule has 1 aliphatic rings. The van der Waals surface area contributed by atoms with Crippen molar-refractivity contribution >= 4 is 17.7 Å². The third kappa shape index (κ3) is 3.73. The van der Waals surface area contributed by atoms with Gasteiger partial charge in [-0.2, -0.15) is 5.26 Å². The fraction of sp³-hybridized carbons (Fsp3) is 0.429. The van der Waals surface area contributed by atoms with Crippen LogP contribution in [0.2, 0.25) is 0 Å². The zero-order valence-electron chi connectivity index (χ0n) is 11.0. The number of nitriles is 1. The molecule has 1 unspecified atom stereocenters. The maximum Gasteiger partial charge on any atom is 0.252 e. The molecule has 0 saturated carbocycles. The van der Waals surface area contributed by atoms with E-state index in [1.54, 1.807) is 12.1 Å². The lowest BCUT2D eigenvalue weighted by atomic mass is 10.0. The lowest BCUT2D eigenvalue weighted by Crippen LogP contribution is -2.43. The Morgan fingerprint density at radius 2 is 2.35 bits per heavy atom. The maximum absolute atomic E-state index is 12.2. The quantitative estimate of drug-likeness (QED) is 0.796. The SMILES string of the molecule is N#CCSc1ccccc1C(=O)NCC1(O)CCOC1. The van der Waals surface area contributed by atoms with Gasteiger partial charge in [0, 0.05) is 24.5 Å². The van der Waals surface area contributed by atoms with Gasteiger partial charge in [-0.1, -0.05) is 12.1 Å². The minimum atomic E-state index is -0.968. The van der Waals surface area contributed by atoms with Crippen LogP contribution < -0.4 is 5.32 Å². The largest absolute Gasteiger partial charge is 0.386 e. The highest BCUT2D eigenvalue weighted by Crippen LogP contribution is 2.22. The van der Waals surface area contributed by atoms with Crippen LogP contribution in [0.1, 0.15) is 16.8 Å². The summed E-state index contributed by atoms with van der Waals surface area (Å²) in [5, 5.41) is 21.5. The van der Waals surface area contributed by atoms with E-state index in [1.165, 1.54) is 11.8 Å². The first-order valence-electron chi connectivity index (χ1n) is 6.32. The highest BCUT2D eigenvalue weighted by Gasteiger charge is 2.32. The van der Waals surface area contributed by atoms with Crippen LogP contribution in [0.4, 0.5) is 0 Å². The van der Waals surface area contributed by atoms with Gasteiger partial charge in [0.1, 0.15) is 5.60 Å².